The van der Waals surface area contributed by atoms with Crippen molar-refractivity contribution in [2.24, 2.45) is 0 Å². The van der Waals surface area contributed by atoms with Gasteiger partial charge in [-0.15, -0.1) is 0 Å². The molecule has 10 heteroatoms. The third-order valence-corrected chi connectivity index (χ3v) is 4.07. The van der Waals surface area contributed by atoms with Crippen molar-refractivity contribution in [1.82, 2.24) is 15.1 Å². The molecule has 2 amide bonds. The highest BCUT2D eigenvalue weighted by atomic mass is 16.6. The first kappa shape index (κ1) is 20.5. The molecule has 2 aromatic heterocycles. The standard InChI is InChI=1S/C20H19N5O5/c1-2-24-13-17(19(23-24)20(27)21-12-16-7-4-10-30-16)22-18(26)9-8-14-5-3-6-15(11-14)25(28)29/h3-11,13H,2,12H2,1H3,(H,21,27)(H,22,26)/b9-8+. The summed E-state index contributed by atoms with van der Waals surface area (Å²) in [5.41, 5.74) is 0.750. The third kappa shape index (κ3) is 5.19. The Morgan fingerprint density at radius 1 is 1.30 bits per heavy atom. The number of nitrogens with one attached hydrogen (secondary N) is 2. The Morgan fingerprint density at radius 3 is 2.83 bits per heavy atom. The van der Waals surface area contributed by atoms with Gasteiger partial charge < -0.3 is 15.1 Å². The van der Waals surface area contributed by atoms with Gasteiger partial charge in [0.1, 0.15) is 5.76 Å². The molecular formula is C20H19N5O5. The van der Waals surface area contributed by atoms with Gasteiger partial charge in [-0.2, -0.15) is 5.10 Å². The Morgan fingerprint density at radius 2 is 2.13 bits per heavy atom. The van der Waals surface area contributed by atoms with E-state index >= 15 is 0 Å². The van der Waals surface area contributed by atoms with Crippen molar-refractivity contribution in [3.63, 3.8) is 0 Å². The van der Waals surface area contributed by atoms with E-state index in [1.54, 1.807) is 24.4 Å². The zero-order valence-corrected chi connectivity index (χ0v) is 16.1. The number of hydrogen-bond donors (Lipinski definition) is 2. The van der Waals surface area contributed by atoms with E-state index < -0.39 is 16.7 Å². The molecule has 0 aliphatic rings. The zero-order chi connectivity index (χ0) is 21.5. The van der Waals surface area contributed by atoms with Crippen molar-refractivity contribution < 1.29 is 18.9 Å². The van der Waals surface area contributed by atoms with Gasteiger partial charge in [-0.25, -0.2) is 0 Å². The number of nitro benzene ring substituents is 1. The first-order valence-electron chi connectivity index (χ1n) is 9.08. The number of nitro groups is 1. The molecule has 1 aromatic carbocycles. The van der Waals surface area contributed by atoms with Crippen LogP contribution in [0.3, 0.4) is 0 Å². The van der Waals surface area contributed by atoms with Gasteiger partial charge in [0.25, 0.3) is 11.6 Å². The maximum absolute atomic E-state index is 12.5. The smallest absolute Gasteiger partial charge is 0.274 e. The lowest BCUT2D eigenvalue weighted by molar-refractivity contribution is -0.384. The number of anilines is 1. The largest absolute Gasteiger partial charge is 0.467 e. The molecular weight excluding hydrogens is 390 g/mol. The summed E-state index contributed by atoms with van der Waals surface area (Å²) in [5.74, 6) is -0.377. The van der Waals surface area contributed by atoms with Gasteiger partial charge >= 0.3 is 0 Å². The highest BCUT2D eigenvalue weighted by molar-refractivity contribution is 6.06. The molecule has 0 aliphatic carbocycles. The summed E-state index contributed by atoms with van der Waals surface area (Å²) in [6.45, 7) is 2.55. The molecule has 0 spiro atoms. The Labute approximate surface area is 171 Å². The van der Waals surface area contributed by atoms with E-state index in [1.807, 2.05) is 6.92 Å². The van der Waals surface area contributed by atoms with Crippen molar-refractivity contribution in [1.29, 1.82) is 0 Å². The van der Waals surface area contributed by atoms with Gasteiger partial charge in [-0.05, 0) is 30.7 Å². The van der Waals surface area contributed by atoms with Gasteiger partial charge in [0.2, 0.25) is 5.91 Å². The van der Waals surface area contributed by atoms with Crippen molar-refractivity contribution in [2.75, 3.05) is 5.32 Å². The molecule has 0 aliphatic heterocycles. The van der Waals surface area contributed by atoms with Crippen molar-refractivity contribution in [2.45, 2.75) is 20.0 Å². The number of furan rings is 1. The lowest BCUT2D eigenvalue weighted by Gasteiger charge is -2.04. The van der Waals surface area contributed by atoms with Crippen LogP contribution in [0.25, 0.3) is 6.08 Å². The summed E-state index contributed by atoms with van der Waals surface area (Å²) in [5, 5.41) is 20.3. The minimum absolute atomic E-state index is 0.0699. The van der Waals surface area contributed by atoms with Crippen LogP contribution in [0.4, 0.5) is 11.4 Å². The molecule has 3 aromatic rings. The second-order valence-corrected chi connectivity index (χ2v) is 6.18. The summed E-state index contributed by atoms with van der Waals surface area (Å²) in [6, 6.07) is 9.33. The second kappa shape index (κ2) is 9.32. The fourth-order valence-electron chi connectivity index (χ4n) is 2.60. The molecule has 0 bridgehead atoms. The SMILES string of the molecule is CCn1cc(NC(=O)/C=C/c2cccc([N+](=O)[O-])c2)c(C(=O)NCc2ccco2)n1. The number of benzene rings is 1. The van der Waals surface area contributed by atoms with E-state index in [0.29, 0.717) is 17.9 Å². The van der Waals surface area contributed by atoms with Crippen LogP contribution < -0.4 is 10.6 Å². The molecule has 0 radical (unpaired) electrons. The molecule has 0 atom stereocenters. The van der Waals surface area contributed by atoms with Gasteiger partial charge in [0.15, 0.2) is 5.69 Å². The number of hydrogen-bond acceptors (Lipinski definition) is 6. The van der Waals surface area contributed by atoms with E-state index in [2.05, 4.69) is 15.7 Å². The fraction of sp³-hybridized carbons (Fsp3) is 0.150. The summed E-state index contributed by atoms with van der Waals surface area (Å²) >= 11 is 0. The molecule has 30 heavy (non-hydrogen) atoms. The molecule has 0 saturated heterocycles. The average molecular weight is 409 g/mol. The Bertz CT molecular complexity index is 1080. The monoisotopic (exact) mass is 409 g/mol. The molecule has 0 saturated carbocycles. The Balaban J connectivity index is 1.69. The first-order valence-corrected chi connectivity index (χ1v) is 9.08. The topological polar surface area (TPSA) is 132 Å². The highest BCUT2D eigenvalue weighted by Crippen LogP contribution is 2.16. The van der Waals surface area contributed by atoms with Crippen LogP contribution in [0.5, 0.6) is 0 Å². The number of rotatable bonds is 8. The first-order chi connectivity index (χ1) is 14.5. The van der Waals surface area contributed by atoms with Crippen LogP contribution in [-0.4, -0.2) is 26.5 Å². The predicted molar refractivity (Wildman–Crippen MR) is 109 cm³/mol. The van der Waals surface area contributed by atoms with E-state index in [9.17, 15) is 19.7 Å². The predicted octanol–water partition coefficient (Wildman–Crippen LogP) is 2.99. The lowest BCUT2D eigenvalue weighted by atomic mass is 10.2. The van der Waals surface area contributed by atoms with E-state index in [1.165, 1.54) is 41.3 Å². The quantitative estimate of drug-likeness (QED) is 0.334. The minimum atomic E-state index is -0.510. The van der Waals surface area contributed by atoms with Crippen LogP contribution in [0.1, 0.15) is 28.7 Å². The number of aryl methyl sites for hydroxylation is 1. The second-order valence-electron chi connectivity index (χ2n) is 6.18. The molecule has 0 fully saturated rings. The number of nitrogens with zero attached hydrogens (tertiary/aromatic N) is 3. The Hall–Kier alpha value is -4.21. The maximum atomic E-state index is 12.5. The summed E-state index contributed by atoms with van der Waals surface area (Å²) in [7, 11) is 0. The van der Waals surface area contributed by atoms with Gasteiger partial charge in [-0.3, -0.25) is 24.4 Å². The minimum Gasteiger partial charge on any atom is -0.467 e. The van der Waals surface area contributed by atoms with Crippen LogP contribution in [0.2, 0.25) is 0 Å². The van der Waals surface area contributed by atoms with Gasteiger partial charge in [-0.1, -0.05) is 12.1 Å². The van der Waals surface area contributed by atoms with Gasteiger partial charge in [0.05, 0.1) is 23.4 Å². The Kier molecular flexibility index (Phi) is 6.38. The highest BCUT2D eigenvalue weighted by Gasteiger charge is 2.18. The molecule has 0 unspecified atom stereocenters. The normalized spacial score (nSPS) is 10.8. The third-order valence-electron chi connectivity index (χ3n) is 4.07. The van der Waals surface area contributed by atoms with Crippen molar-refractivity contribution in [3.05, 3.63) is 82.1 Å². The number of amides is 2. The van der Waals surface area contributed by atoms with Gasteiger partial charge in [0, 0.05) is 31.0 Å². The molecule has 2 N–H and O–H groups in total. The van der Waals surface area contributed by atoms with E-state index in [4.69, 9.17) is 4.42 Å². The maximum Gasteiger partial charge on any atom is 0.274 e. The number of non-ortho nitro benzene ring substituents is 1. The van der Waals surface area contributed by atoms with Crippen molar-refractivity contribution >= 4 is 29.3 Å². The van der Waals surface area contributed by atoms with Crippen LogP contribution in [-0.2, 0) is 17.9 Å². The summed E-state index contributed by atoms with van der Waals surface area (Å²) in [4.78, 5) is 35.1. The number of aromatic nitrogens is 2. The van der Waals surface area contributed by atoms with Crippen molar-refractivity contribution in [3.8, 4) is 0 Å². The summed E-state index contributed by atoms with van der Waals surface area (Å²) in [6.07, 6.45) is 5.74. The van der Waals surface area contributed by atoms with Crippen LogP contribution >= 0.6 is 0 Å². The number of carbonyl (C=O) groups excluding carboxylic acids is 2. The molecule has 10 nitrogen and oxygen atoms in total. The lowest BCUT2D eigenvalue weighted by Crippen LogP contribution is -2.24. The fourth-order valence-corrected chi connectivity index (χ4v) is 2.60. The zero-order valence-electron chi connectivity index (χ0n) is 16.1. The molecule has 3 rings (SSSR count). The molecule has 154 valence electrons. The van der Waals surface area contributed by atoms with Crippen LogP contribution in [0, 0.1) is 10.1 Å². The molecule has 2 heterocycles. The summed E-state index contributed by atoms with van der Waals surface area (Å²) < 4.78 is 6.71. The van der Waals surface area contributed by atoms with E-state index in [0.717, 1.165) is 0 Å². The number of carbonyl (C=O) groups is 2. The average Bonchev–Trinajstić information content (AvgIpc) is 3.40. The van der Waals surface area contributed by atoms with Crippen LogP contribution in [0.15, 0.2) is 59.4 Å². The van der Waals surface area contributed by atoms with E-state index in [-0.39, 0.29) is 23.6 Å².